The number of aryl methyl sites for hydroxylation is 1. The van der Waals surface area contributed by atoms with Gasteiger partial charge >= 0.3 is 17.9 Å². The highest BCUT2D eigenvalue weighted by atomic mass is 16.5. The number of fused-ring (bicyclic) bond motifs is 2. The van der Waals surface area contributed by atoms with Crippen LogP contribution in [0.4, 0.5) is 5.69 Å². The van der Waals surface area contributed by atoms with Crippen LogP contribution in [0, 0.1) is 0 Å². The molecule has 2 heterocycles. The number of ether oxygens (including phenoxy) is 2. The fourth-order valence-corrected chi connectivity index (χ4v) is 3.23. The van der Waals surface area contributed by atoms with Crippen LogP contribution in [0.2, 0.25) is 0 Å². The number of nitrogens with zero attached hydrogens (tertiary/aromatic N) is 3. The predicted molar refractivity (Wildman–Crippen MR) is 109 cm³/mol. The zero-order valence-electron chi connectivity index (χ0n) is 16.9. The summed E-state index contributed by atoms with van der Waals surface area (Å²) in [6, 6.07) is 6.80. The molecule has 1 atom stereocenters. The highest BCUT2D eigenvalue weighted by molar-refractivity contribution is 5.93. The van der Waals surface area contributed by atoms with Crippen LogP contribution < -0.4 is 11.5 Å². The monoisotopic (exact) mass is 427 g/mol. The van der Waals surface area contributed by atoms with Crippen molar-refractivity contribution >= 4 is 29.2 Å². The highest BCUT2D eigenvalue weighted by Crippen LogP contribution is 2.29. The van der Waals surface area contributed by atoms with Gasteiger partial charge in [0.05, 0.1) is 31.7 Å². The molecule has 0 amide bonds. The summed E-state index contributed by atoms with van der Waals surface area (Å²) in [6.45, 7) is 0. The molecule has 1 aliphatic rings. The Kier molecular flexibility index (Phi) is 6.16. The van der Waals surface area contributed by atoms with Gasteiger partial charge in [0.2, 0.25) is 0 Å². The third-order valence-corrected chi connectivity index (χ3v) is 4.80. The van der Waals surface area contributed by atoms with Crippen LogP contribution >= 0.6 is 0 Å². The van der Waals surface area contributed by atoms with Crippen LogP contribution in [0.1, 0.15) is 54.9 Å². The van der Waals surface area contributed by atoms with Crippen LogP contribution in [-0.4, -0.2) is 51.8 Å². The topological polar surface area (TPSA) is 172 Å². The Morgan fingerprint density at radius 2 is 1.87 bits per heavy atom. The molecule has 5 N–H and O–H groups in total. The number of rotatable bonds is 3. The largest absolute Gasteiger partial charge is 0.477 e. The molecule has 4 rings (SSSR count). The Balaban J connectivity index is 0.000000179. The van der Waals surface area contributed by atoms with Crippen molar-refractivity contribution in [2.75, 3.05) is 20.0 Å². The Morgan fingerprint density at radius 3 is 2.52 bits per heavy atom. The first-order chi connectivity index (χ1) is 14.8. The van der Waals surface area contributed by atoms with Crippen LogP contribution in [0.25, 0.3) is 5.65 Å². The van der Waals surface area contributed by atoms with Crippen molar-refractivity contribution in [1.29, 1.82) is 0 Å². The van der Waals surface area contributed by atoms with Crippen molar-refractivity contribution in [3.8, 4) is 0 Å². The molecule has 0 bridgehead atoms. The number of nitrogen functional groups attached to an aromatic ring is 1. The molecule has 0 radical (unpaired) electrons. The van der Waals surface area contributed by atoms with Gasteiger partial charge in [0.1, 0.15) is 0 Å². The van der Waals surface area contributed by atoms with Gasteiger partial charge in [0.15, 0.2) is 17.0 Å². The first kappa shape index (κ1) is 21.7. The van der Waals surface area contributed by atoms with Gasteiger partial charge in [0.25, 0.3) is 0 Å². The summed E-state index contributed by atoms with van der Waals surface area (Å²) in [5, 5.41) is 12.7. The minimum absolute atomic E-state index is 0.0494. The molecule has 11 heteroatoms. The second-order valence-corrected chi connectivity index (χ2v) is 6.71. The molecule has 0 spiro atoms. The lowest BCUT2D eigenvalue weighted by Gasteiger charge is -2.05. The molecule has 2 aromatic heterocycles. The molecule has 0 saturated heterocycles. The van der Waals surface area contributed by atoms with Crippen LogP contribution in [0.5, 0.6) is 0 Å². The number of anilines is 1. The van der Waals surface area contributed by atoms with Gasteiger partial charge in [-0.1, -0.05) is 6.07 Å². The Morgan fingerprint density at radius 1 is 1.16 bits per heavy atom. The quantitative estimate of drug-likeness (QED) is 0.516. The van der Waals surface area contributed by atoms with Crippen molar-refractivity contribution in [1.82, 2.24) is 14.6 Å². The Bertz CT molecular complexity index is 1170. The second-order valence-electron chi connectivity index (χ2n) is 6.71. The van der Waals surface area contributed by atoms with Crippen molar-refractivity contribution in [3.05, 3.63) is 58.5 Å². The Labute approximate surface area is 176 Å². The van der Waals surface area contributed by atoms with E-state index in [0.29, 0.717) is 5.56 Å². The normalized spacial score (nSPS) is 14.4. The standard InChI is InChI=1S/C11H13NO2.C9H8N4O4/c1-14-11(13)8-2-4-9-7(6-8)3-5-10(9)12;1-17-9(16)6-2-5(8(14)15)12-7-4(10)3-11-13(6)7/h2,4,6,10H,3,5,12H2,1H3;2-3H,10H2,1H3,(H,14,15)/t10-;/m0./s1. The van der Waals surface area contributed by atoms with Gasteiger partial charge in [-0.15, -0.1) is 0 Å². The number of hydrogen-bond donors (Lipinski definition) is 3. The summed E-state index contributed by atoms with van der Waals surface area (Å²) in [5.74, 6) is -2.27. The van der Waals surface area contributed by atoms with Gasteiger partial charge in [-0.3, -0.25) is 0 Å². The molecule has 0 saturated carbocycles. The first-order valence-electron chi connectivity index (χ1n) is 9.19. The molecule has 162 valence electrons. The number of aromatic nitrogens is 3. The molecular formula is C20H21N5O6. The first-order valence-corrected chi connectivity index (χ1v) is 9.19. The van der Waals surface area contributed by atoms with Crippen molar-refractivity contribution in [2.45, 2.75) is 18.9 Å². The molecule has 31 heavy (non-hydrogen) atoms. The van der Waals surface area contributed by atoms with E-state index in [-0.39, 0.29) is 34.7 Å². The van der Waals surface area contributed by atoms with E-state index in [0.717, 1.165) is 29.0 Å². The zero-order valence-corrected chi connectivity index (χ0v) is 16.9. The fourth-order valence-electron chi connectivity index (χ4n) is 3.23. The van der Waals surface area contributed by atoms with Crippen LogP contribution in [0.3, 0.4) is 0 Å². The number of benzene rings is 1. The molecule has 0 aliphatic heterocycles. The van der Waals surface area contributed by atoms with E-state index in [1.807, 2.05) is 12.1 Å². The summed E-state index contributed by atoms with van der Waals surface area (Å²) in [6.07, 6.45) is 3.21. The molecular weight excluding hydrogens is 406 g/mol. The minimum Gasteiger partial charge on any atom is -0.477 e. The summed E-state index contributed by atoms with van der Waals surface area (Å²) in [5.41, 5.74) is 14.3. The van der Waals surface area contributed by atoms with Crippen LogP contribution in [0.15, 0.2) is 30.5 Å². The lowest BCUT2D eigenvalue weighted by Crippen LogP contribution is -2.13. The van der Waals surface area contributed by atoms with Gasteiger partial charge in [-0.25, -0.2) is 23.9 Å². The maximum atomic E-state index is 11.5. The average Bonchev–Trinajstić information content (AvgIpc) is 3.34. The average molecular weight is 427 g/mol. The lowest BCUT2D eigenvalue weighted by atomic mass is 10.1. The predicted octanol–water partition coefficient (Wildman–Crippen LogP) is 1.22. The molecule has 1 aromatic carbocycles. The maximum absolute atomic E-state index is 11.5. The van der Waals surface area contributed by atoms with Gasteiger partial charge in [-0.2, -0.15) is 5.10 Å². The van der Waals surface area contributed by atoms with E-state index in [9.17, 15) is 14.4 Å². The lowest BCUT2D eigenvalue weighted by molar-refractivity contribution is 0.0585. The van der Waals surface area contributed by atoms with Crippen molar-refractivity contribution < 1.29 is 29.0 Å². The molecule has 0 unspecified atom stereocenters. The molecule has 11 nitrogen and oxygen atoms in total. The third-order valence-electron chi connectivity index (χ3n) is 4.80. The summed E-state index contributed by atoms with van der Waals surface area (Å²) in [4.78, 5) is 37.3. The van der Waals surface area contributed by atoms with Crippen molar-refractivity contribution in [2.24, 2.45) is 5.73 Å². The van der Waals surface area contributed by atoms with Crippen molar-refractivity contribution in [3.63, 3.8) is 0 Å². The number of carbonyl (C=O) groups is 3. The Hall–Kier alpha value is -3.99. The van der Waals surface area contributed by atoms with Gasteiger partial charge in [0, 0.05) is 12.1 Å². The van der Waals surface area contributed by atoms with E-state index in [1.54, 1.807) is 6.07 Å². The smallest absolute Gasteiger partial charge is 0.356 e. The summed E-state index contributed by atoms with van der Waals surface area (Å²) >= 11 is 0. The molecule has 0 fully saturated rings. The van der Waals surface area contributed by atoms with E-state index in [1.165, 1.54) is 26.0 Å². The summed E-state index contributed by atoms with van der Waals surface area (Å²) < 4.78 is 10.3. The van der Waals surface area contributed by atoms with Gasteiger partial charge in [-0.05, 0) is 36.1 Å². The highest BCUT2D eigenvalue weighted by Gasteiger charge is 2.20. The number of hydrogen-bond acceptors (Lipinski definition) is 9. The maximum Gasteiger partial charge on any atom is 0.356 e. The number of esters is 2. The van der Waals surface area contributed by atoms with Crippen LogP contribution in [-0.2, 0) is 15.9 Å². The fraction of sp³-hybridized carbons (Fsp3) is 0.250. The SMILES string of the molecule is COC(=O)c1cc(C(=O)O)nc2c(N)cnn12.COC(=O)c1ccc2c(c1)CC[C@@H]2N. The molecule has 1 aliphatic carbocycles. The number of carbonyl (C=O) groups excluding carboxylic acids is 2. The number of carboxylic acid groups (broad SMARTS) is 1. The van der Waals surface area contributed by atoms with E-state index >= 15 is 0 Å². The number of aromatic carboxylic acids is 1. The zero-order chi connectivity index (χ0) is 22.7. The number of nitrogens with two attached hydrogens (primary N) is 2. The minimum atomic E-state index is -1.27. The summed E-state index contributed by atoms with van der Waals surface area (Å²) in [7, 11) is 2.57. The third kappa shape index (κ3) is 4.31. The van der Waals surface area contributed by atoms with E-state index in [2.05, 4.69) is 19.6 Å². The van der Waals surface area contributed by atoms with E-state index in [4.69, 9.17) is 16.6 Å². The molecule has 3 aromatic rings. The van der Waals surface area contributed by atoms with E-state index < -0.39 is 11.9 Å². The number of methoxy groups -OCH3 is 2. The number of carboxylic acids is 1. The van der Waals surface area contributed by atoms with Gasteiger partial charge < -0.3 is 26.0 Å². The second kappa shape index (κ2) is 8.79.